The molecule has 0 saturated carbocycles. The lowest BCUT2D eigenvalue weighted by molar-refractivity contribution is 0.102. The number of para-hydroxylation sites is 1. The molecule has 1 saturated heterocycles. The zero-order valence-electron chi connectivity index (χ0n) is 15.4. The molecule has 0 unspecified atom stereocenters. The van der Waals surface area contributed by atoms with Gasteiger partial charge in [0.2, 0.25) is 0 Å². The summed E-state index contributed by atoms with van der Waals surface area (Å²) in [4.78, 5) is 21.3. The van der Waals surface area contributed by atoms with Crippen LogP contribution in [0.5, 0.6) is 0 Å². The number of hydrogen-bond donors (Lipinski definition) is 1. The topological polar surface area (TPSA) is 48.5 Å². The highest BCUT2D eigenvalue weighted by Gasteiger charge is 2.18. The SMILES string of the molecule is O=C(Nc1ccccc1)c1ccc(N2CCN(c3cccc(Cl)c3)CC2)cn1. The van der Waals surface area contributed by atoms with E-state index < -0.39 is 0 Å². The second kappa shape index (κ2) is 8.31. The third kappa shape index (κ3) is 4.26. The highest BCUT2D eigenvalue weighted by molar-refractivity contribution is 6.30. The van der Waals surface area contributed by atoms with E-state index in [0.717, 1.165) is 48.3 Å². The summed E-state index contributed by atoms with van der Waals surface area (Å²) in [5.41, 5.74) is 3.35. The van der Waals surface area contributed by atoms with Crippen LogP contribution in [0.2, 0.25) is 5.02 Å². The summed E-state index contributed by atoms with van der Waals surface area (Å²) in [5, 5.41) is 3.61. The van der Waals surface area contributed by atoms with Gasteiger partial charge in [0.05, 0.1) is 11.9 Å². The molecule has 0 radical (unpaired) electrons. The molecule has 0 atom stereocenters. The molecule has 0 spiro atoms. The van der Waals surface area contributed by atoms with Crippen LogP contribution in [-0.4, -0.2) is 37.1 Å². The summed E-state index contributed by atoms with van der Waals surface area (Å²) >= 11 is 6.10. The molecule has 142 valence electrons. The van der Waals surface area contributed by atoms with E-state index in [4.69, 9.17) is 11.6 Å². The van der Waals surface area contributed by atoms with E-state index in [1.54, 1.807) is 12.3 Å². The van der Waals surface area contributed by atoms with Gasteiger partial charge >= 0.3 is 0 Å². The Balaban J connectivity index is 1.36. The molecule has 28 heavy (non-hydrogen) atoms. The first kappa shape index (κ1) is 18.3. The smallest absolute Gasteiger partial charge is 0.274 e. The van der Waals surface area contributed by atoms with Crippen LogP contribution >= 0.6 is 11.6 Å². The average molecular weight is 393 g/mol. The fraction of sp³-hybridized carbons (Fsp3) is 0.182. The van der Waals surface area contributed by atoms with Crippen LogP contribution in [-0.2, 0) is 0 Å². The van der Waals surface area contributed by atoms with E-state index in [-0.39, 0.29) is 5.91 Å². The number of carbonyl (C=O) groups is 1. The van der Waals surface area contributed by atoms with Crippen molar-refractivity contribution in [2.75, 3.05) is 41.3 Å². The van der Waals surface area contributed by atoms with Crippen molar-refractivity contribution in [1.82, 2.24) is 4.98 Å². The Hall–Kier alpha value is -3.05. The van der Waals surface area contributed by atoms with Gasteiger partial charge < -0.3 is 15.1 Å². The molecule has 0 bridgehead atoms. The van der Waals surface area contributed by atoms with Crippen LogP contribution in [0, 0.1) is 0 Å². The summed E-state index contributed by atoms with van der Waals surface area (Å²) in [6.07, 6.45) is 1.77. The van der Waals surface area contributed by atoms with E-state index in [2.05, 4.69) is 26.2 Å². The number of anilines is 3. The average Bonchev–Trinajstić information content (AvgIpc) is 2.75. The third-order valence-corrected chi connectivity index (χ3v) is 5.07. The summed E-state index contributed by atoms with van der Waals surface area (Å²) in [6.45, 7) is 3.61. The van der Waals surface area contributed by atoms with Gasteiger partial charge in [-0.1, -0.05) is 35.9 Å². The quantitative estimate of drug-likeness (QED) is 0.718. The summed E-state index contributed by atoms with van der Waals surface area (Å²) in [5.74, 6) is -0.205. The van der Waals surface area contributed by atoms with Gasteiger partial charge in [-0.25, -0.2) is 4.98 Å². The first-order valence-electron chi connectivity index (χ1n) is 9.27. The number of hydrogen-bond acceptors (Lipinski definition) is 4. The molecule has 1 fully saturated rings. The number of benzene rings is 2. The first-order valence-corrected chi connectivity index (χ1v) is 9.65. The van der Waals surface area contributed by atoms with Crippen molar-refractivity contribution in [1.29, 1.82) is 0 Å². The Morgan fingerprint density at radius 3 is 2.21 bits per heavy atom. The molecule has 2 aromatic carbocycles. The van der Waals surface area contributed by atoms with Gasteiger partial charge in [-0.2, -0.15) is 0 Å². The molecule has 1 aliphatic rings. The summed E-state index contributed by atoms with van der Waals surface area (Å²) in [6, 6.07) is 21.1. The van der Waals surface area contributed by atoms with Crippen molar-refractivity contribution in [2.45, 2.75) is 0 Å². The Morgan fingerprint density at radius 2 is 1.57 bits per heavy atom. The highest BCUT2D eigenvalue weighted by Crippen LogP contribution is 2.23. The number of nitrogens with one attached hydrogen (secondary N) is 1. The molecule has 0 aliphatic carbocycles. The fourth-order valence-electron chi connectivity index (χ4n) is 3.32. The predicted octanol–water partition coefficient (Wildman–Crippen LogP) is 4.31. The monoisotopic (exact) mass is 392 g/mol. The molecule has 5 nitrogen and oxygen atoms in total. The summed E-state index contributed by atoms with van der Waals surface area (Å²) in [7, 11) is 0. The minimum absolute atomic E-state index is 0.205. The molecule has 1 amide bonds. The van der Waals surface area contributed by atoms with Crippen molar-refractivity contribution >= 4 is 34.6 Å². The van der Waals surface area contributed by atoms with E-state index >= 15 is 0 Å². The molecule has 1 aromatic heterocycles. The van der Waals surface area contributed by atoms with Crippen LogP contribution in [0.1, 0.15) is 10.5 Å². The van der Waals surface area contributed by atoms with Crippen molar-refractivity contribution < 1.29 is 4.79 Å². The molecule has 4 rings (SSSR count). The zero-order chi connectivity index (χ0) is 19.3. The van der Waals surface area contributed by atoms with Gasteiger partial charge in [0, 0.05) is 42.6 Å². The van der Waals surface area contributed by atoms with Gasteiger partial charge in [0.15, 0.2) is 0 Å². The fourth-order valence-corrected chi connectivity index (χ4v) is 3.50. The van der Waals surface area contributed by atoms with Crippen LogP contribution < -0.4 is 15.1 Å². The maximum atomic E-state index is 12.3. The van der Waals surface area contributed by atoms with Crippen molar-refractivity contribution in [3.8, 4) is 0 Å². The third-order valence-electron chi connectivity index (χ3n) is 4.83. The molecule has 6 heteroatoms. The number of carbonyl (C=O) groups excluding carboxylic acids is 1. The minimum atomic E-state index is -0.205. The second-order valence-electron chi connectivity index (χ2n) is 6.68. The molecular weight excluding hydrogens is 372 g/mol. The Labute approximate surface area is 169 Å². The van der Waals surface area contributed by atoms with E-state index in [1.807, 2.05) is 54.6 Å². The first-order chi connectivity index (χ1) is 13.7. The Morgan fingerprint density at radius 1 is 0.857 bits per heavy atom. The van der Waals surface area contributed by atoms with Crippen LogP contribution in [0.3, 0.4) is 0 Å². The van der Waals surface area contributed by atoms with E-state index in [1.165, 1.54) is 0 Å². The maximum absolute atomic E-state index is 12.3. The van der Waals surface area contributed by atoms with Gasteiger partial charge in [-0.3, -0.25) is 4.79 Å². The number of halogens is 1. The zero-order valence-corrected chi connectivity index (χ0v) is 16.1. The Kier molecular flexibility index (Phi) is 5.44. The molecular formula is C22H21ClN4O. The number of rotatable bonds is 4. The molecule has 2 heterocycles. The van der Waals surface area contributed by atoms with Gasteiger partial charge in [-0.15, -0.1) is 0 Å². The van der Waals surface area contributed by atoms with Crippen LogP contribution in [0.25, 0.3) is 0 Å². The standard InChI is InChI=1S/C22H21ClN4O/c23-17-5-4-8-19(15-17)26-11-13-27(14-12-26)20-9-10-21(24-16-20)22(28)25-18-6-2-1-3-7-18/h1-10,15-16H,11-14H2,(H,25,28). The summed E-state index contributed by atoms with van der Waals surface area (Å²) < 4.78 is 0. The van der Waals surface area contributed by atoms with Crippen molar-refractivity contribution in [3.05, 3.63) is 83.6 Å². The largest absolute Gasteiger partial charge is 0.368 e. The lowest BCUT2D eigenvalue weighted by atomic mass is 10.2. The number of amides is 1. The van der Waals surface area contributed by atoms with Crippen LogP contribution in [0.4, 0.5) is 17.1 Å². The molecule has 3 aromatic rings. The second-order valence-corrected chi connectivity index (χ2v) is 7.11. The Bertz CT molecular complexity index is 938. The number of aromatic nitrogens is 1. The van der Waals surface area contributed by atoms with E-state index in [0.29, 0.717) is 5.69 Å². The van der Waals surface area contributed by atoms with Gasteiger partial charge in [0.1, 0.15) is 5.69 Å². The van der Waals surface area contributed by atoms with Crippen LogP contribution in [0.15, 0.2) is 72.9 Å². The minimum Gasteiger partial charge on any atom is -0.368 e. The number of pyridine rings is 1. The number of nitrogens with zero attached hydrogens (tertiary/aromatic N) is 3. The lowest BCUT2D eigenvalue weighted by Crippen LogP contribution is -2.46. The molecule has 1 aliphatic heterocycles. The van der Waals surface area contributed by atoms with E-state index in [9.17, 15) is 4.79 Å². The van der Waals surface area contributed by atoms with Crippen molar-refractivity contribution in [2.24, 2.45) is 0 Å². The number of piperazine rings is 1. The van der Waals surface area contributed by atoms with Gasteiger partial charge in [-0.05, 0) is 42.5 Å². The lowest BCUT2D eigenvalue weighted by Gasteiger charge is -2.37. The van der Waals surface area contributed by atoms with Gasteiger partial charge in [0.25, 0.3) is 5.91 Å². The normalized spacial score (nSPS) is 14.0. The maximum Gasteiger partial charge on any atom is 0.274 e. The van der Waals surface area contributed by atoms with Crippen molar-refractivity contribution in [3.63, 3.8) is 0 Å². The highest BCUT2D eigenvalue weighted by atomic mass is 35.5. The molecule has 1 N–H and O–H groups in total. The predicted molar refractivity (Wildman–Crippen MR) is 115 cm³/mol.